The summed E-state index contributed by atoms with van der Waals surface area (Å²) in [5, 5.41) is 0. The van der Waals surface area contributed by atoms with E-state index in [0.717, 1.165) is 22.2 Å². The molecule has 0 spiro atoms. The molecule has 0 heterocycles. The van der Waals surface area contributed by atoms with Gasteiger partial charge in [-0.05, 0) is 36.2 Å². The van der Waals surface area contributed by atoms with Crippen LogP contribution in [0.3, 0.4) is 0 Å². The van der Waals surface area contributed by atoms with Crippen LogP contribution >= 0.6 is 15.9 Å². The monoisotopic (exact) mass is 355 g/mol. The van der Waals surface area contributed by atoms with Gasteiger partial charge in [-0.3, -0.25) is 0 Å². The molecule has 112 valence electrons. The van der Waals surface area contributed by atoms with Crippen LogP contribution in [0.1, 0.15) is 25.0 Å². The van der Waals surface area contributed by atoms with Crippen LogP contribution in [0.4, 0.5) is 8.78 Å². The van der Waals surface area contributed by atoms with E-state index < -0.39 is 17.7 Å². The van der Waals surface area contributed by atoms with E-state index in [2.05, 4.69) is 15.9 Å². The van der Waals surface area contributed by atoms with Gasteiger partial charge in [-0.15, -0.1) is 0 Å². The van der Waals surface area contributed by atoms with Crippen molar-refractivity contribution in [1.82, 2.24) is 0 Å². The van der Waals surface area contributed by atoms with Crippen molar-refractivity contribution < 1.29 is 13.5 Å². The van der Waals surface area contributed by atoms with E-state index in [1.807, 2.05) is 31.2 Å². The molecular weight excluding hydrogens is 340 g/mol. The van der Waals surface area contributed by atoms with Crippen molar-refractivity contribution in [3.63, 3.8) is 0 Å². The standard InChI is InChI=1S/C16H16BrF2NO/c1-2-15(20)16(10-3-5-11(17)6-4-10)21-12-7-8-13(18)14(19)9-12/h3-9,15-16H,2,20H2,1H3. The van der Waals surface area contributed by atoms with Gasteiger partial charge in [0.2, 0.25) is 0 Å². The fourth-order valence-electron chi connectivity index (χ4n) is 1.97. The van der Waals surface area contributed by atoms with Crippen LogP contribution in [-0.4, -0.2) is 6.04 Å². The number of rotatable bonds is 5. The zero-order valence-electron chi connectivity index (χ0n) is 11.5. The summed E-state index contributed by atoms with van der Waals surface area (Å²) in [4.78, 5) is 0. The minimum Gasteiger partial charge on any atom is -0.484 e. The Morgan fingerprint density at radius 3 is 2.33 bits per heavy atom. The maximum atomic E-state index is 13.3. The summed E-state index contributed by atoms with van der Waals surface area (Å²) in [5.74, 6) is -1.58. The summed E-state index contributed by atoms with van der Waals surface area (Å²) in [6.45, 7) is 1.95. The molecule has 2 rings (SSSR count). The lowest BCUT2D eigenvalue weighted by Crippen LogP contribution is -2.31. The Balaban J connectivity index is 2.28. The van der Waals surface area contributed by atoms with Crippen LogP contribution in [-0.2, 0) is 0 Å². The molecule has 5 heteroatoms. The highest BCUT2D eigenvalue weighted by Gasteiger charge is 2.21. The van der Waals surface area contributed by atoms with E-state index in [-0.39, 0.29) is 11.8 Å². The van der Waals surface area contributed by atoms with Crippen LogP contribution in [0.25, 0.3) is 0 Å². The molecule has 0 fully saturated rings. The van der Waals surface area contributed by atoms with Crippen LogP contribution in [0.5, 0.6) is 5.75 Å². The molecule has 0 saturated heterocycles. The average Bonchev–Trinajstić information content (AvgIpc) is 2.48. The molecule has 2 N–H and O–H groups in total. The van der Waals surface area contributed by atoms with Crippen molar-refractivity contribution in [3.8, 4) is 5.75 Å². The van der Waals surface area contributed by atoms with E-state index in [1.165, 1.54) is 6.07 Å². The molecule has 2 unspecified atom stereocenters. The second-order valence-electron chi connectivity index (χ2n) is 4.74. The van der Waals surface area contributed by atoms with Crippen LogP contribution in [0.15, 0.2) is 46.9 Å². The Hall–Kier alpha value is -1.46. The quantitative estimate of drug-likeness (QED) is 0.851. The second kappa shape index (κ2) is 7.00. The van der Waals surface area contributed by atoms with Gasteiger partial charge in [0.05, 0.1) is 0 Å². The summed E-state index contributed by atoms with van der Waals surface area (Å²) >= 11 is 3.37. The van der Waals surface area contributed by atoms with Gasteiger partial charge in [-0.25, -0.2) is 8.78 Å². The maximum Gasteiger partial charge on any atom is 0.162 e. The molecule has 0 aliphatic rings. The number of nitrogens with two attached hydrogens (primary N) is 1. The lowest BCUT2D eigenvalue weighted by Gasteiger charge is -2.25. The van der Waals surface area contributed by atoms with Gasteiger partial charge in [0.25, 0.3) is 0 Å². The molecule has 0 saturated carbocycles. The minimum absolute atomic E-state index is 0.251. The SMILES string of the molecule is CCC(N)C(Oc1ccc(F)c(F)c1)c1ccc(Br)cc1. The van der Waals surface area contributed by atoms with Gasteiger partial charge >= 0.3 is 0 Å². The van der Waals surface area contributed by atoms with Crippen molar-refractivity contribution in [2.75, 3.05) is 0 Å². The summed E-state index contributed by atoms with van der Waals surface area (Å²) in [7, 11) is 0. The normalized spacial score (nSPS) is 13.8. The van der Waals surface area contributed by atoms with Crippen LogP contribution < -0.4 is 10.5 Å². The first-order valence-electron chi connectivity index (χ1n) is 6.64. The van der Waals surface area contributed by atoms with E-state index in [4.69, 9.17) is 10.5 Å². The van der Waals surface area contributed by atoms with E-state index in [0.29, 0.717) is 6.42 Å². The molecule has 0 radical (unpaired) electrons. The Morgan fingerprint density at radius 1 is 1.10 bits per heavy atom. The Kier molecular flexibility index (Phi) is 5.31. The first-order chi connectivity index (χ1) is 10.0. The fraction of sp³-hybridized carbons (Fsp3) is 0.250. The molecule has 0 bridgehead atoms. The van der Waals surface area contributed by atoms with Crippen molar-refractivity contribution >= 4 is 15.9 Å². The van der Waals surface area contributed by atoms with Crippen LogP contribution in [0, 0.1) is 11.6 Å². The molecule has 21 heavy (non-hydrogen) atoms. The van der Waals surface area contributed by atoms with Gasteiger partial charge in [-0.1, -0.05) is 35.0 Å². The van der Waals surface area contributed by atoms with E-state index in [1.54, 1.807) is 0 Å². The van der Waals surface area contributed by atoms with E-state index in [9.17, 15) is 8.78 Å². The third kappa shape index (κ3) is 4.02. The van der Waals surface area contributed by atoms with Crippen molar-refractivity contribution in [3.05, 3.63) is 64.1 Å². The molecule has 2 atom stereocenters. The highest BCUT2D eigenvalue weighted by molar-refractivity contribution is 9.10. The fourth-order valence-corrected chi connectivity index (χ4v) is 2.23. The Bertz CT molecular complexity index is 604. The lowest BCUT2D eigenvalue weighted by molar-refractivity contribution is 0.170. The summed E-state index contributed by atoms with van der Waals surface area (Å²) in [6.07, 6.45) is 0.276. The number of benzene rings is 2. The van der Waals surface area contributed by atoms with Gasteiger partial charge in [0, 0.05) is 16.6 Å². The average molecular weight is 356 g/mol. The molecule has 0 aromatic heterocycles. The minimum atomic E-state index is -0.938. The van der Waals surface area contributed by atoms with Gasteiger partial charge in [-0.2, -0.15) is 0 Å². The largest absolute Gasteiger partial charge is 0.484 e. The predicted molar refractivity (Wildman–Crippen MR) is 82.1 cm³/mol. The first kappa shape index (κ1) is 15.9. The lowest BCUT2D eigenvalue weighted by atomic mass is 10.0. The molecule has 2 nitrogen and oxygen atoms in total. The van der Waals surface area contributed by atoms with Crippen molar-refractivity contribution in [2.45, 2.75) is 25.5 Å². The van der Waals surface area contributed by atoms with E-state index >= 15 is 0 Å². The number of hydrogen-bond acceptors (Lipinski definition) is 2. The topological polar surface area (TPSA) is 35.2 Å². The molecule has 2 aromatic carbocycles. The summed E-state index contributed by atoms with van der Waals surface area (Å²) in [5.41, 5.74) is 6.98. The van der Waals surface area contributed by atoms with Crippen molar-refractivity contribution in [1.29, 1.82) is 0 Å². The molecule has 0 amide bonds. The Labute approximate surface area is 131 Å². The maximum absolute atomic E-state index is 13.3. The zero-order valence-corrected chi connectivity index (χ0v) is 13.1. The number of ether oxygens (including phenoxy) is 1. The summed E-state index contributed by atoms with van der Waals surface area (Å²) < 4.78 is 33.0. The third-order valence-corrected chi connectivity index (χ3v) is 3.74. The van der Waals surface area contributed by atoms with Gasteiger partial charge in [0.1, 0.15) is 11.9 Å². The van der Waals surface area contributed by atoms with Gasteiger partial charge in [0.15, 0.2) is 11.6 Å². The third-order valence-electron chi connectivity index (χ3n) is 3.21. The first-order valence-corrected chi connectivity index (χ1v) is 7.43. The highest BCUT2D eigenvalue weighted by atomic mass is 79.9. The molecular formula is C16H16BrF2NO. The Morgan fingerprint density at radius 2 is 1.76 bits per heavy atom. The van der Waals surface area contributed by atoms with Gasteiger partial charge < -0.3 is 10.5 Å². The van der Waals surface area contributed by atoms with Crippen molar-refractivity contribution in [2.24, 2.45) is 5.73 Å². The molecule has 0 aliphatic carbocycles. The predicted octanol–water partition coefficient (Wildman–Crippen LogP) is 4.58. The highest BCUT2D eigenvalue weighted by Crippen LogP contribution is 2.27. The molecule has 2 aromatic rings. The zero-order chi connectivity index (χ0) is 15.4. The second-order valence-corrected chi connectivity index (χ2v) is 5.65. The van der Waals surface area contributed by atoms with Crippen LogP contribution in [0.2, 0.25) is 0 Å². The smallest absolute Gasteiger partial charge is 0.162 e. The number of hydrogen-bond donors (Lipinski definition) is 1. The molecule has 0 aliphatic heterocycles. The number of halogens is 3. The summed E-state index contributed by atoms with van der Waals surface area (Å²) in [6, 6.07) is 10.8.